The number of hydrogen-bond acceptors (Lipinski definition) is 4. The van der Waals surface area contributed by atoms with Crippen molar-refractivity contribution in [1.82, 2.24) is 0 Å². The second-order valence-corrected chi connectivity index (χ2v) is 5.04. The first-order chi connectivity index (χ1) is 10.7. The van der Waals surface area contributed by atoms with E-state index < -0.39 is 0 Å². The van der Waals surface area contributed by atoms with Crippen LogP contribution in [0, 0.1) is 11.3 Å². The number of nitrogens with zero attached hydrogens (tertiary/aromatic N) is 1. The molecular weight excluding hydrogens is 298 g/mol. The van der Waals surface area contributed by atoms with E-state index in [2.05, 4.69) is 16.7 Å². The maximum Gasteiger partial charge on any atom is 0.175 e. The third-order valence-corrected chi connectivity index (χ3v) is 3.25. The summed E-state index contributed by atoms with van der Waals surface area (Å²) >= 11 is 5.28. The Morgan fingerprint density at radius 3 is 2.50 bits per heavy atom. The number of rotatable bonds is 2. The highest BCUT2D eigenvalue weighted by molar-refractivity contribution is 7.80. The van der Waals surface area contributed by atoms with Crippen molar-refractivity contribution in [3.63, 3.8) is 0 Å². The summed E-state index contributed by atoms with van der Waals surface area (Å²) in [5.74, 6) is 1.43. The molecule has 22 heavy (non-hydrogen) atoms. The Morgan fingerprint density at radius 1 is 1.00 bits per heavy atom. The third kappa shape index (κ3) is 3.27. The van der Waals surface area contributed by atoms with E-state index in [9.17, 15) is 0 Å². The number of benzene rings is 2. The molecule has 1 aliphatic rings. The van der Waals surface area contributed by atoms with Crippen LogP contribution in [0.5, 0.6) is 11.5 Å². The summed E-state index contributed by atoms with van der Waals surface area (Å²) in [4.78, 5) is 0. The molecule has 2 aromatic rings. The zero-order valence-electron chi connectivity index (χ0n) is 11.6. The zero-order valence-corrected chi connectivity index (χ0v) is 12.4. The number of fused-ring (bicyclic) bond motifs is 1. The van der Waals surface area contributed by atoms with Gasteiger partial charge in [-0.3, -0.25) is 0 Å². The van der Waals surface area contributed by atoms with Crippen LogP contribution in [0.3, 0.4) is 0 Å². The van der Waals surface area contributed by atoms with Gasteiger partial charge in [0.2, 0.25) is 0 Å². The summed E-state index contributed by atoms with van der Waals surface area (Å²) in [6.45, 7) is 1.11. The van der Waals surface area contributed by atoms with E-state index in [0.717, 1.165) is 17.1 Å². The van der Waals surface area contributed by atoms with E-state index in [-0.39, 0.29) is 0 Å². The molecule has 0 saturated carbocycles. The number of nitrogens with one attached hydrogen (secondary N) is 2. The van der Waals surface area contributed by atoms with Gasteiger partial charge < -0.3 is 20.1 Å². The monoisotopic (exact) mass is 311 g/mol. The van der Waals surface area contributed by atoms with E-state index in [1.165, 1.54) is 0 Å². The number of anilines is 2. The van der Waals surface area contributed by atoms with Crippen molar-refractivity contribution in [3.8, 4) is 17.6 Å². The molecule has 3 rings (SSSR count). The van der Waals surface area contributed by atoms with Crippen LogP contribution in [0.1, 0.15) is 5.56 Å². The second kappa shape index (κ2) is 6.33. The van der Waals surface area contributed by atoms with Crippen LogP contribution in [0.15, 0.2) is 42.5 Å². The Morgan fingerprint density at radius 2 is 1.73 bits per heavy atom. The van der Waals surface area contributed by atoms with Crippen LogP contribution < -0.4 is 20.1 Å². The number of nitriles is 1. The molecular formula is C16H13N3O2S. The van der Waals surface area contributed by atoms with E-state index in [1.54, 1.807) is 18.2 Å². The van der Waals surface area contributed by atoms with E-state index >= 15 is 0 Å². The lowest BCUT2D eigenvalue weighted by atomic mass is 10.2. The average molecular weight is 311 g/mol. The molecule has 1 aliphatic heterocycles. The van der Waals surface area contributed by atoms with Gasteiger partial charge in [0, 0.05) is 17.4 Å². The Kier molecular flexibility index (Phi) is 4.08. The van der Waals surface area contributed by atoms with Crippen LogP contribution in [0.25, 0.3) is 0 Å². The smallest absolute Gasteiger partial charge is 0.175 e. The van der Waals surface area contributed by atoms with Gasteiger partial charge in [-0.2, -0.15) is 5.26 Å². The molecule has 0 radical (unpaired) electrons. The maximum absolute atomic E-state index is 8.89. The Bertz CT molecular complexity index is 755. The minimum Gasteiger partial charge on any atom is -0.486 e. The van der Waals surface area contributed by atoms with Crippen molar-refractivity contribution in [2.75, 3.05) is 23.8 Å². The van der Waals surface area contributed by atoms with Crippen LogP contribution in [0.2, 0.25) is 0 Å². The molecule has 110 valence electrons. The molecule has 2 aromatic carbocycles. The maximum atomic E-state index is 8.89. The number of thiocarbonyl (C=S) groups is 1. The third-order valence-electron chi connectivity index (χ3n) is 3.05. The fourth-order valence-corrected chi connectivity index (χ4v) is 2.32. The van der Waals surface area contributed by atoms with Gasteiger partial charge >= 0.3 is 0 Å². The van der Waals surface area contributed by atoms with Gasteiger partial charge in [-0.15, -0.1) is 0 Å². The molecule has 0 amide bonds. The largest absolute Gasteiger partial charge is 0.486 e. The molecule has 6 heteroatoms. The van der Waals surface area contributed by atoms with Gasteiger partial charge in [0.15, 0.2) is 16.6 Å². The molecule has 1 heterocycles. The summed E-state index contributed by atoms with van der Waals surface area (Å²) < 4.78 is 11.0. The predicted octanol–water partition coefficient (Wildman–Crippen LogP) is 3.14. The Labute approximate surface area is 133 Å². The van der Waals surface area contributed by atoms with Crippen molar-refractivity contribution in [2.45, 2.75) is 0 Å². The van der Waals surface area contributed by atoms with Gasteiger partial charge in [0.05, 0.1) is 11.6 Å². The molecule has 0 atom stereocenters. The quantitative estimate of drug-likeness (QED) is 0.831. The summed E-state index contributed by atoms with van der Waals surface area (Å²) in [7, 11) is 0. The lowest BCUT2D eigenvalue weighted by Crippen LogP contribution is -2.20. The first-order valence-electron chi connectivity index (χ1n) is 6.72. The highest BCUT2D eigenvalue weighted by atomic mass is 32.1. The molecule has 0 unspecified atom stereocenters. The summed E-state index contributed by atoms with van der Waals surface area (Å²) in [6, 6.07) is 14.8. The standard InChI is InChI=1S/C16H13N3O2S/c17-10-11-2-1-3-12(8-11)18-16(22)19-13-4-5-14-15(9-13)21-7-6-20-14/h1-5,8-9H,6-7H2,(H2,18,19,22). The highest BCUT2D eigenvalue weighted by Crippen LogP contribution is 2.32. The van der Waals surface area contributed by atoms with Crippen LogP contribution >= 0.6 is 12.2 Å². The van der Waals surface area contributed by atoms with Gasteiger partial charge in [-0.25, -0.2) is 0 Å². The van der Waals surface area contributed by atoms with E-state index in [0.29, 0.717) is 29.6 Å². The Balaban J connectivity index is 1.68. The lowest BCUT2D eigenvalue weighted by Gasteiger charge is -2.19. The van der Waals surface area contributed by atoms with Crippen molar-refractivity contribution in [2.24, 2.45) is 0 Å². The average Bonchev–Trinajstić information content (AvgIpc) is 2.55. The fraction of sp³-hybridized carbons (Fsp3) is 0.125. The van der Waals surface area contributed by atoms with Crippen LogP contribution in [-0.2, 0) is 0 Å². The number of ether oxygens (including phenoxy) is 2. The van der Waals surface area contributed by atoms with Crippen molar-refractivity contribution < 1.29 is 9.47 Å². The Hall–Kier alpha value is -2.78. The summed E-state index contributed by atoms with van der Waals surface area (Å²) in [5, 5.41) is 15.5. The molecule has 2 N–H and O–H groups in total. The molecule has 0 fully saturated rings. The van der Waals surface area contributed by atoms with Crippen molar-refractivity contribution in [1.29, 1.82) is 5.26 Å². The van der Waals surface area contributed by atoms with Crippen LogP contribution in [0.4, 0.5) is 11.4 Å². The highest BCUT2D eigenvalue weighted by Gasteiger charge is 2.12. The van der Waals surface area contributed by atoms with Gasteiger partial charge in [0.25, 0.3) is 0 Å². The van der Waals surface area contributed by atoms with E-state index in [4.69, 9.17) is 27.0 Å². The van der Waals surface area contributed by atoms with Crippen LogP contribution in [-0.4, -0.2) is 18.3 Å². The summed E-state index contributed by atoms with van der Waals surface area (Å²) in [5.41, 5.74) is 2.14. The van der Waals surface area contributed by atoms with Crippen molar-refractivity contribution in [3.05, 3.63) is 48.0 Å². The van der Waals surface area contributed by atoms with Gasteiger partial charge in [-0.05, 0) is 42.5 Å². The first-order valence-corrected chi connectivity index (χ1v) is 7.13. The minimum absolute atomic E-state index is 0.437. The van der Waals surface area contributed by atoms with Crippen molar-refractivity contribution >= 4 is 28.7 Å². The topological polar surface area (TPSA) is 66.3 Å². The fourth-order valence-electron chi connectivity index (χ4n) is 2.08. The molecule has 0 spiro atoms. The molecule has 5 nitrogen and oxygen atoms in total. The van der Waals surface area contributed by atoms with E-state index in [1.807, 2.05) is 24.3 Å². The number of hydrogen-bond donors (Lipinski definition) is 2. The molecule has 0 aromatic heterocycles. The molecule has 0 saturated heterocycles. The lowest BCUT2D eigenvalue weighted by molar-refractivity contribution is 0.171. The SMILES string of the molecule is N#Cc1cccc(NC(=S)Nc2ccc3c(c2)OCCO3)c1. The predicted molar refractivity (Wildman–Crippen MR) is 88.4 cm³/mol. The first kappa shape index (κ1) is 14.2. The normalized spacial score (nSPS) is 12.1. The summed E-state index contributed by atoms with van der Waals surface area (Å²) in [6.07, 6.45) is 0. The van der Waals surface area contributed by atoms with Gasteiger partial charge in [-0.1, -0.05) is 6.07 Å². The molecule has 0 bridgehead atoms. The van der Waals surface area contributed by atoms with Gasteiger partial charge in [0.1, 0.15) is 13.2 Å². The minimum atomic E-state index is 0.437. The molecule has 0 aliphatic carbocycles. The zero-order chi connectivity index (χ0) is 15.4. The second-order valence-electron chi connectivity index (χ2n) is 4.63.